The fraction of sp³-hybridized carbons (Fsp3) is 0.308. The standard InChI is InChI=1S/C26H23NO6/c1-12-9-20(29)22-15(5-3-13-4-8-19(28)21(10-13)33-2)14-6-7-16-23(26(32)27-25(16)31)17(14)11-18(22)24(12)30/h3-6,8-10,15-17,23,28H,7,11H2,1-2H3,(H,27,31,32)/t15-,16-,17+,23-/m0/s1. The molecule has 0 saturated carbocycles. The van der Waals surface area contributed by atoms with E-state index in [1.54, 1.807) is 19.1 Å². The SMILES string of the molecule is COc1cc(C=C[C@H]2C3=CC[C@@H]4C(=O)NC(=O)[C@@H]4[C@@H]3CC3=C2C(=O)C=C(C)C3=O)ccc1O. The number of imide groups is 1. The van der Waals surface area contributed by atoms with Crippen LogP contribution >= 0.6 is 0 Å². The summed E-state index contributed by atoms with van der Waals surface area (Å²) in [4.78, 5) is 51.0. The van der Waals surface area contributed by atoms with Gasteiger partial charge in [0.05, 0.1) is 18.9 Å². The molecule has 33 heavy (non-hydrogen) atoms. The molecule has 7 heteroatoms. The van der Waals surface area contributed by atoms with Gasteiger partial charge in [0.1, 0.15) is 0 Å². The van der Waals surface area contributed by atoms with E-state index in [4.69, 9.17) is 4.74 Å². The first-order valence-corrected chi connectivity index (χ1v) is 10.9. The Hall–Kier alpha value is -3.74. The van der Waals surface area contributed by atoms with Crippen LogP contribution in [0.2, 0.25) is 0 Å². The third-order valence-electron chi connectivity index (χ3n) is 7.14. The minimum Gasteiger partial charge on any atom is -0.504 e. The fourth-order valence-electron chi connectivity index (χ4n) is 5.58. The second-order valence-corrected chi connectivity index (χ2v) is 8.92. The Bertz CT molecular complexity index is 1250. The number of nitrogens with one attached hydrogen (secondary N) is 1. The van der Waals surface area contributed by atoms with Crippen molar-refractivity contribution in [1.29, 1.82) is 0 Å². The van der Waals surface area contributed by atoms with Crippen molar-refractivity contribution in [2.24, 2.45) is 23.7 Å². The van der Waals surface area contributed by atoms with Crippen molar-refractivity contribution >= 4 is 29.5 Å². The number of methoxy groups -OCH3 is 1. The highest BCUT2D eigenvalue weighted by Crippen LogP contribution is 2.51. The molecule has 1 aliphatic heterocycles. The van der Waals surface area contributed by atoms with E-state index < -0.39 is 17.8 Å². The lowest BCUT2D eigenvalue weighted by Gasteiger charge is -2.41. The molecule has 0 aromatic heterocycles. The summed E-state index contributed by atoms with van der Waals surface area (Å²) >= 11 is 0. The van der Waals surface area contributed by atoms with Gasteiger partial charge in [0.15, 0.2) is 23.1 Å². The van der Waals surface area contributed by atoms with Crippen LogP contribution in [0, 0.1) is 23.7 Å². The molecule has 0 unspecified atom stereocenters. The lowest BCUT2D eigenvalue weighted by Crippen LogP contribution is -2.39. The molecule has 3 aliphatic carbocycles. The van der Waals surface area contributed by atoms with Crippen LogP contribution in [0.1, 0.15) is 25.3 Å². The average Bonchev–Trinajstić information content (AvgIpc) is 3.09. The van der Waals surface area contributed by atoms with Crippen LogP contribution < -0.4 is 10.1 Å². The third kappa shape index (κ3) is 3.26. The van der Waals surface area contributed by atoms with E-state index in [1.165, 1.54) is 19.3 Å². The number of ketones is 2. The van der Waals surface area contributed by atoms with Crippen LogP contribution in [-0.2, 0) is 19.2 Å². The summed E-state index contributed by atoms with van der Waals surface area (Å²) < 4.78 is 5.17. The Labute approximate surface area is 190 Å². The van der Waals surface area contributed by atoms with Crippen LogP contribution in [0.25, 0.3) is 6.08 Å². The topological polar surface area (TPSA) is 110 Å². The predicted octanol–water partition coefficient (Wildman–Crippen LogP) is 2.66. The number of amides is 2. The minimum atomic E-state index is -0.537. The van der Waals surface area contributed by atoms with Gasteiger partial charge in [-0.3, -0.25) is 24.5 Å². The zero-order valence-corrected chi connectivity index (χ0v) is 18.3. The average molecular weight is 445 g/mol. The fourth-order valence-corrected chi connectivity index (χ4v) is 5.58. The van der Waals surface area contributed by atoms with Crippen LogP contribution in [0.5, 0.6) is 11.5 Å². The van der Waals surface area contributed by atoms with Crippen molar-refractivity contribution in [2.75, 3.05) is 7.11 Å². The molecule has 0 spiro atoms. The molecule has 1 aromatic rings. The first-order valence-electron chi connectivity index (χ1n) is 10.9. The Kier molecular flexibility index (Phi) is 4.92. The zero-order chi connectivity index (χ0) is 23.4. The van der Waals surface area contributed by atoms with E-state index in [1.807, 2.05) is 18.2 Å². The number of allylic oxidation sites excluding steroid dienone is 7. The number of benzene rings is 1. The smallest absolute Gasteiger partial charge is 0.231 e. The molecule has 2 amide bonds. The van der Waals surface area contributed by atoms with Gasteiger partial charge in [-0.2, -0.15) is 0 Å². The van der Waals surface area contributed by atoms with Crippen molar-refractivity contribution < 1.29 is 29.0 Å². The van der Waals surface area contributed by atoms with E-state index in [2.05, 4.69) is 5.32 Å². The summed E-state index contributed by atoms with van der Waals surface area (Å²) in [6, 6.07) is 4.91. The molecule has 2 N–H and O–H groups in total. The van der Waals surface area contributed by atoms with E-state index >= 15 is 0 Å². The van der Waals surface area contributed by atoms with Gasteiger partial charge in [0.25, 0.3) is 0 Å². The molecule has 1 aromatic carbocycles. The normalized spacial score (nSPS) is 28.8. The number of hydrogen-bond acceptors (Lipinski definition) is 6. The third-order valence-corrected chi connectivity index (χ3v) is 7.14. The summed E-state index contributed by atoms with van der Waals surface area (Å²) in [5, 5.41) is 12.3. The number of Topliss-reactive ketones (excluding diaryl/α,β-unsaturated/α-hetero) is 1. The van der Waals surface area contributed by atoms with E-state index in [0.29, 0.717) is 28.9 Å². The first kappa shape index (κ1) is 21.1. The van der Waals surface area contributed by atoms with Gasteiger partial charge in [-0.1, -0.05) is 29.9 Å². The molecular weight excluding hydrogens is 422 g/mol. The van der Waals surface area contributed by atoms with Gasteiger partial charge in [-0.25, -0.2) is 0 Å². The van der Waals surface area contributed by atoms with Gasteiger partial charge in [0.2, 0.25) is 11.8 Å². The Balaban J connectivity index is 1.61. The van der Waals surface area contributed by atoms with Crippen LogP contribution in [-0.4, -0.2) is 35.6 Å². The number of ether oxygens (including phenoxy) is 1. The molecule has 4 atom stereocenters. The number of phenolic OH excluding ortho intramolecular Hbond substituents is 1. The summed E-state index contributed by atoms with van der Waals surface area (Å²) in [6.07, 6.45) is 7.71. The maximum atomic E-state index is 13.0. The van der Waals surface area contributed by atoms with Gasteiger partial charge >= 0.3 is 0 Å². The number of phenols is 1. The molecule has 1 saturated heterocycles. The maximum Gasteiger partial charge on any atom is 0.231 e. The van der Waals surface area contributed by atoms with Crippen LogP contribution in [0.15, 0.2) is 58.7 Å². The van der Waals surface area contributed by atoms with E-state index in [0.717, 1.165) is 11.1 Å². The van der Waals surface area contributed by atoms with Gasteiger partial charge in [-0.15, -0.1) is 0 Å². The molecule has 0 bridgehead atoms. The number of carbonyl (C=O) groups excluding carboxylic acids is 4. The highest BCUT2D eigenvalue weighted by molar-refractivity contribution is 6.23. The molecule has 7 nitrogen and oxygen atoms in total. The van der Waals surface area contributed by atoms with Gasteiger partial charge in [-0.05, 0) is 49.5 Å². The van der Waals surface area contributed by atoms with Gasteiger partial charge < -0.3 is 9.84 Å². The quantitative estimate of drug-likeness (QED) is 0.421. The van der Waals surface area contributed by atoms with Crippen LogP contribution in [0.4, 0.5) is 0 Å². The van der Waals surface area contributed by atoms with Gasteiger partial charge in [0, 0.05) is 22.6 Å². The summed E-state index contributed by atoms with van der Waals surface area (Å²) in [7, 11) is 1.46. The van der Waals surface area contributed by atoms with E-state index in [9.17, 15) is 24.3 Å². The molecule has 0 radical (unpaired) electrons. The highest BCUT2D eigenvalue weighted by Gasteiger charge is 2.52. The zero-order valence-electron chi connectivity index (χ0n) is 18.3. The Morgan fingerprint density at radius 1 is 1.12 bits per heavy atom. The maximum absolute atomic E-state index is 13.0. The number of hydrogen-bond donors (Lipinski definition) is 2. The minimum absolute atomic E-state index is 0.0176. The Morgan fingerprint density at radius 3 is 2.67 bits per heavy atom. The predicted molar refractivity (Wildman–Crippen MR) is 119 cm³/mol. The summed E-state index contributed by atoms with van der Waals surface area (Å²) in [6.45, 7) is 1.62. The number of rotatable bonds is 3. The second-order valence-electron chi connectivity index (χ2n) is 8.92. The summed E-state index contributed by atoms with van der Waals surface area (Å²) in [5.41, 5.74) is 2.91. The monoisotopic (exact) mass is 445 g/mol. The molecular formula is C26H23NO6. The Morgan fingerprint density at radius 2 is 1.91 bits per heavy atom. The lowest BCUT2D eigenvalue weighted by molar-refractivity contribution is -0.126. The number of carbonyl (C=O) groups is 4. The second kappa shape index (κ2) is 7.69. The van der Waals surface area contributed by atoms with Crippen molar-refractivity contribution in [3.8, 4) is 11.5 Å². The molecule has 1 heterocycles. The molecule has 5 rings (SSSR count). The largest absolute Gasteiger partial charge is 0.504 e. The van der Waals surface area contributed by atoms with Crippen LogP contribution in [0.3, 0.4) is 0 Å². The first-order chi connectivity index (χ1) is 15.8. The van der Waals surface area contributed by atoms with Crippen molar-refractivity contribution in [2.45, 2.75) is 19.8 Å². The molecule has 168 valence electrons. The number of fused-ring (bicyclic) bond motifs is 3. The lowest BCUT2D eigenvalue weighted by atomic mass is 9.60. The molecule has 1 fully saturated rings. The van der Waals surface area contributed by atoms with E-state index in [-0.39, 0.29) is 41.5 Å². The van der Waals surface area contributed by atoms with Crippen molar-refractivity contribution in [3.63, 3.8) is 0 Å². The molecule has 4 aliphatic rings. The van der Waals surface area contributed by atoms with Crippen molar-refractivity contribution in [3.05, 3.63) is 64.3 Å². The number of aromatic hydroxyl groups is 1. The summed E-state index contributed by atoms with van der Waals surface area (Å²) in [5.74, 6) is -2.40. The highest BCUT2D eigenvalue weighted by atomic mass is 16.5. The van der Waals surface area contributed by atoms with Crippen molar-refractivity contribution in [1.82, 2.24) is 5.32 Å².